The van der Waals surface area contributed by atoms with Crippen molar-refractivity contribution in [2.24, 2.45) is 11.3 Å². The number of hydrogen-bond donors (Lipinski definition) is 3. The van der Waals surface area contributed by atoms with E-state index in [1.54, 1.807) is 0 Å². The van der Waals surface area contributed by atoms with E-state index in [0.717, 1.165) is 25.7 Å². The Kier molecular flexibility index (Phi) is 4.32. The van der Waals surface area contributed by atoms with Crippen LogP contribution in [0.3, 0.4) is 0 Å². The predicted molar refractivity (Wildman–Crippen MR) is 71.9 cm³/mol. The normalized spacial score (nSPS) is 23.4. The zero-order valence-corrected chi connectivity index (χ0v) is 11.6. The summed E-state index contributed by atoms with van der Waals surface area (Å²) < 4.78 is 0. The van der Waals surface area contributed by atoms with E-state index in [0.29, 0.717) is 6.54 Å². The van der Waals surface area contributed by atoms with E-state index in [1.807, 2.05) is 0 Å². The summed E-state index contributed by atoms with van der Waals surface area (Å²) in [6, 6.07) is -1.06. The van der Waals surface area contributed by atoms with Crippen molar-refractivity contribution in [2.75, 3.05) is 6.54 Å². The number of carbonyl (C=O) groups excluding carboxylic acids is 1. The molecular weight excluding hydrogens is 244 g/mol. The number of rotatable bonds is 5. The summed E-state index contributed by atoms with van der Waals surface area (Å²) in [5, 5.41) is 14.5. The lowest BCUT2D eigenvalue weighted by molar-refractivity contribution is -0.139. The van der Waals surface area contributed by atoms with Gasteiger partial charge in [0.15, 0.2) is 0 Å². The topological polar surface area (TPSA) is 78.4 Å². The summed E-state index contributed by atoms with van der Waals surface area (Å²) in [6.07, 6.45) is 7.80. The summed E-state index contributed by atoms with van der Waals surface area (Å²) >= 11 is 0. The van der Waals surface area contributed by atoms with Crippen molar-refractivity contribution < 1.29 is 14.7 Å². The van der Waals surface area contributed by atoms with Crippen molar-refractivity contribution >= 4 is 12.0 Å². The van der Waals surface area contributed by atoms with Crippen LogP contribution >= 0.6 is 0 Å². The second-order valence-electron chi connectivity index (χ2n) is 6.35. The molecule has 0 bridgehead atoms. The summed E-state index contributed by atoms with van der Waals surface area (Å²) in [5.74, 6) is -0.810. The molecule has 0 aromatic heterocycles. The van der Waals surface area contributed by atoms with Gasteiger partial charge in [-0.15, -0.1) is 0 Å². The molecule has 108 valence electrons. The van der Waals surface area contributed by atoms with E-state index >= 15 is 0 Å². The zero-order valence-electron chi connectivity index (χ0n) is 11.6. The Balaban J connectivity index is 1.75. The summed E-state index contributed by atoms with van der Waals surface area (Å²) in [4.78, 5) is 22.8. The molecule has 1 atom stereocenters. The van der Waals surface area contributed by atoms with Crippen LogP contribution in [0.4, 0.5) is 4.79 Å². The monoisotopic (exact) mass is 268 g/mol. The van der Waals surface area contributed by atoms with Crippen LogP contribution in [-0.2, 0) is 4.79 Å². The molecule has 2 saturated carbocycles. The first-order chi connectivity index (χ1) is 9.00. The lowest BCUT2D eigenvalue weighted by atomic mass is 9.76. The van der Waals surface area contributed by atoms with Crippen LogP contribution in [0.5, 0.6) is 0 Å². The first-order valence-corrected chi connectivity index (χ1v) is 7.27. The molecule has 0 aromatic carbocycles. The van der Waals surface area contributed by atoms with Crippen molar-refractivity contribution in [3.63, 3.8) is 0 Å². The van der Waals surface area contributed by atoms with Crippen molar-refractivity contribution in [1.82, 2.24) is 10.6 Å². The van der Waals surface area contributed by atoms with Gasteiger partial charge < -0.3 is 15.7 Å². The minimum Gasteiger partial charge on any atom is -0.480 e. The van der Waals surface area contributed by atoms with Crippen LogP contribution < -0.4 is 10.6 Å². The maximum absolute atomic E-state index is 11.8. The second kappa shape index (κ2) is 5.80. The fourth-order valence-electron chi connectivity index (χ4n) is 2.88. The van der Waals surface area contributed by atoms with Gasteiger partial charge in [-0.05, 0) is 37.0 Å². The maximum atomic E-state index is 11.8. The molecule has 2 aliphatic carbocycles. The largest absolute Gasteiger partial charge is 0.480 e. The van der Waals surface area contributed by atoms with Gasteiger partial charge in [-0.25, -0.2) is 9.59 Å². The molecule has 1 unspecified atom stereocenters. The molecule has 0 heterocycles. The lowest BCUT2D eigenvalue weighted by Gasteiger charge is -2.33. The lowest BCUT2D eigenvalue weighted by Crippen LogP contribution is -2.49. The summed E-state index contributed by atoms with van der Waals surface area (Å²) in [6.45, 7) is 2.83. The molecule has 2 fully saturated rings. The molecule has 0 aromatic rings. The second-order valence-corrected chi connectivity index (χ2v) is 6.35. The zero-order chi connectivity index (χ0) is 13.9. The fourth-order valence-corrected chi connectivity index (χ4v) is 2.88. The van der Waals surface area contributed by atoms with Gasteiger partial charge in [0.2, 0.25) is 0 Å². The van der Waals surface area contributed by atoms with E-state index in [9.17, 15) is 9.59 Å². The SMILES string of the molecule is CC1(CNC(=O)NC(C(=O)O)C2CC2)CCCCC1. The highest BCUT2D eigenvalue weighted by Crippen LogP contribution is 2.35. The fraction of sp³-hybridized carbons (Fsp3) is 0.857. The van der Waals surface area contributed by atoms with E-state index in [4.69, 9.17) is 5.11 Å². The highest BCUT2D eigenvalue weighted by Gasteiger charge is 2.37. The Hall–Kier alpha value is -1.26. The molecule has 3 N–H and O–H groups in total. The number of hydrogen-bond acceptors (Lipinski definition) is 2. The van der Waals surface area contributed by atoms with Gasteiger partial charge in [-0.2, -0.15) is 0 Å². The molecule has 0 spiro atoms. The third-order valence-corrected chi connectivity index (χ3v) is 4.38. The Labute approximate surface area is 114 Å². The standard InChI is InChI=1S/C14H24N2O3/c1-14(7-3-2-4-8-14)9-15-13(19)16-11(12(17)18)10-5-6-10/h10-11H,2-9H2,1H3,(H,17,18)(H2,15,16,19). The molecule has 2 aliphatic rings. The Bertz CT molecular complexity index is 347. The Morgan fingerprint density at radius 2 is 1.89 bits per heavy atom. The van der Waals surface area contributed by atoms with Crippen molar-refractivity contribution in [1.29, 1.82) is 0 Å². The van der Waals surface area contributed by atoms with Crippen molar-refractivity contribution in [3.8, 4) is 0 Å². The molecule has 0 saturated heterocycles. The molecule has 5 nitrogen and oxygen atoms in total. The van der Waals surface area contributed by atoms with E-state index in [2.05, 4.69) is 17.6 Å². The third-order valence-electron chi connectivity index (χ3n) is 4.38. The van der Waals surface area contributed by atoms with Gasteiger partial charge in [0.1, 0.15) is 6.04 Å². The smallest absolute Gasteiger partial charge is 0.326 e. The number of amides is 2. The van der Waals surface area contributed by atoms with Crippen molar-refractivity contribution in [2.45, 2.75) is 57.9 Å². The number of carbonyl (C=O) groups is 2. The van der Waals surface area contributed by atoms with Crippen LogP contribution in [0.1, 0.15) is 51.9 Å². The number of urea groups is 1. The van der Waals surface area contributed by atoms with Crippen LogP contribution in [-0.4, -0.2) is 29.7 Å². The highest BCUT2D eigenvalue weighted by atomic mass is 16.4. The molecule has 5 heteroatoms. The summed E-state index contributed by atoms with van der Waals surface area (Å²) in [5.41, 5.74) is 0.174. The van der Waals surface area contributed by atoms with Gasteiger partial charge in [-0.3, -0.25) is 0 Å². The van der Waals surface area contributed by atoms with Crippen LogP contribution in [0.15, 0.2) is 0 Å². The van der Waals surface area contributed by atoms with E-state index in [-0.39, 0.29) is 17.4 Å². The van der Waals surface area contributed by atoms with Gasteiger partial charge in [0.25, 0.3) is 0 Å². The quantitative estimate of drug-likeness (QED) is 0.714. The minimum absolute atomic E-state index is 0.119. The van der Waals surface area contributed by atoms with Gasteiger partial charge >= 0.3 is 12.0 Å². The number of aliphatic carboxylic acids is 1. The van der Waals surface area contributed by atoms with Crippen LogP contribution in [0.2, 0.25) is 0 Å². The third kappa shape index (κ3) is 4.11. The maximum Gasteiger partial charge on any atom is 0.326 e. The van der Waals surface area contributed by atoms with Crippen LogP contribution in [0, 0.1) is 11.3 Å². The highest BCUT2D eigenvalue weighted by molar-refractivity contribution is 5.83. The first kappa shape index (κ1) is 14.2. The number of carboxylic acids is 1. The summed E-state index contributed by atoms with van der Waals surface area (Å²) in [7, 11) is 0. The van der Waals surface area contributed by atoms with E-state index < -0.39 is 12.0 Å². The molecule has 0 radical (unpaired) electrons. The minimum atomic E-state index is -0.929. The van der Waals surface area contributed by atoms with Gasteiger partial charge in [0.05, 0.1) is 0 Å². The van der Waals surface area contributed by atoms with Gasteiger partial charge in [0, 0.05) is 6.54 Å². The molecule has 2 amide bonds. The van der Waals surface area contributed by atoms with Crippen LogP contribution in [0.25, 0.3) is 0 Å². The van der Waals surface area contributed by atoms with Gasteiger partial charge in [-0.1, -0.05) is 26.2 Å². The molecule has 19 heavy (non-hydrogen) atoms. The Morgan fingerprint density at radius 3 is 2.42 bits per heavy atom. The first-order valence-electron chi connectivity index (χ1n) is 7.27. The molecule has 0 aliphatic heterocycles. The molecule has 2 rings (SSSR count). The average molecular weight is 268 g/mol. The predicted octanol–water partition coefficient (Wildman–Crippen LogP) is 2.12. The van der Waals surface area contributed by atoms with Crippen molar-refractivity contribution in [3.05, 3.63) is 0 Å². The van der Waals surface area contributed by atoms with E-state index in [1.165, 1.54) is 19.3 Å². The Morgan fingerprint density at radius 1 is 1.26 bits per heavy atom. The number of carboxylic acid groups (broad SMARTS) is 1. The average Bonchev–Trinajstić information content (AvgIpc) is 3.18. The molecular formula is C14H24N2O3. The number of nitrogens with one attached hydrogen (secondary N) is 2.